The fraction of sp³-hybridized carbons (Fsp3) is 0.240. The fourth-order valence-electron chi connectivity index (χ4n) is 4.16. The van der Waals surface area contributed by atoms with Gasteiger partial charge < -0.3 is 9.72 Å². The normalized spacial score (nSPS) is 11.9. The standard InChI is InChI=1S/C25H26N2O4S2/c1-16-10-17(2)24(18(3)11-16)33(29,30)27(15-22-6-5-9-32-22)14-20-12-19-7-8-21(31-4)13-23(19)26-25(20)28/h5-13H,14-15H2,1-4H3,(H,26,28). The van der Waals surface area contributed by atoms with Gasteiger partial charge in [0.05, 0.1) is 17.5 Å². The van der Waals surface area contributed by atoms with Crippen LogP contribution >= 0.6 is 11.3 Å². The molecule has 0 radical (unpaired) electrons. The van der Waals surface area contributed by atoms with Gasteiger partial charge in [-0.1, -0.05) is 23.8 Å². The van der Waals surface area contributed by atoms with Gasteiger partial charge in [-0.05, 0) is 66.9 Å². The largest absolute Gasteiger partial charge is 0.497 e. The average molecular weight is 483 g/mol. The summed E-state index contributed by atoms with van der Waals surface area (Å²) in [5.41, 5.74) is 3.11. The summed E-state index contributed by atoms with van der Waals surface area (Å²) in [4.78, 5) is 17.0. The lowest BCUT2D eigenvalue weighted by molar-refractivity contribution is 0.402. The van der Waals surface area contributed by atoms with Crippen LogP contribution in [0.2, 0.25) is 0 Å². The van der Waals surface area contributed by atoms with Crippen LogP contribution in [0.25, 0.3) is 10.9 Å². The van der Waals surface area contributed by atoms with Gasteiger partial charge in [-0.15, -0.1) is 11.3 Å². The van der Waals surface area contributed by atoms with Crippen LogP contribution in [0.5, 0.6) is 5.75 Å². The zero-order valence-electron chi connectivity index (χ0n) is 19.0. The molecule has 0 spiro atoms. The zero-order valence-corrected chi connectivity index (χ0v) is 20.6. The number of H-pyrrole nitrogens is 1. The van der Waals surface area contributed by atoms with Gasteiger partial charge in [0.2, 0.25) is 10.0 Å². The third kappa shape index (κ3) is 4.73. The van der Waals surface area contributed by atoms with E-state index >= 15 is 0 Å². The highest BCUT2D eigenvalue weighted by atomic mass is 32.2. The average Bonchev–Trinajstić information content (AvgIpc) is 3.25. The van der Waals surface area contributed by atoms with E-state index in [1.54, 1.807) is 19.2 Å². The molecule has 33 heavy (non-hydrogen) atoms. The number of pyridine rings is 1. The van der Waals surface area contributed by atoms with Crippen LogP contribution in [0.4, 0.5) is 0 Å². The number of nitrogens with zero attached hydrogens (tertiary/aromatic N) is 1. The van der Waals surface area contributed by atoms with E-state index < -0.39 is 10.0 Å². The zero-order chi connectivity index (χ0) is 23.8. The Bertz CT molecular complexity index is 1450. The van der Waals surface area contributed by atoms with Gasteiger partial charge in [0.1, 0.15) is 5.75 Å². The Hall–Kier alpha value is -2.94. The summed E-state index contributed by atoms with van der Waals surface area (Å²) in [7, 11) is -2.30. The Morgan fingerprint density at radius 2 is 1.73 bits per heavy atom. The summed E-state index contributed by atoms with van der Waals surface area (Å²) in [6, 6.07) is 14.7. The van der Waals surface area contributed by atoms with Crippen LogP contribution in [-0.4, -0.2) is 24.8 Å². The molecule has 0 amide bonds. The molecule has 2 aromatic carbocycles. The van der Waals surface area contributed by atoms with Gasteiger partial charge in [0, 0.05) is 29.6 Å². The summed E-state index contributed by atoms with van der Waals surface area (Å²) in [6.45, 7) is 5.72. The second-order valence-electron chi connectivity index (χ2n) is 8.16. The number of methoxy groups -OCH3 is 1. The molecule has 4 aromatic rings. The Morgan fingerprint density at radius 3 is 2.36 bits per heavy atom. The number of hydrogen-bond donors (Lipinski definition) is 1. The highest BCUT2D eigenvalue weighted by Crippen LogP contribution is 2.28. The number of rotatable bonds is 7. The maximum Gasteiger partial charge on any atom is 0.252 e. The number of ether oxygens (including phenoxy) is 1. The summed E-state index contributed by atoms with van der Waals surface area (Å²) < 4.78 is 34.4. The molecule has 0 saturated carbocycles. The molecule has 0 aliphatic heterocycles. The van der Waals surface area contributed by atoms with Crippen LogP contribution in [0, 0.1) is 20.8 Å². The lowest BCUT2D eigenvalue weighted by Crippen LogP contribution is -2.33. The lowest BCUT2D eigenvalue weighted by Gasteiger charge is -2.24. The predicted octanol–water partition coefficient (Wildman–Crippen LogP) is 4.91. The molecule has 1 N–H and O–H groups in total. The van der Waals surface area contributed by atoms with Crippen molar-refractivity contribution in [2.45, 2.75) is 38.8 Å². The molecule has 0 bridgehead atoms. The van der Waals surface area contributed by atoms with Crippen LogP contribution in [0.1, 0.15) is 27.1 Å². The first-order valence-corrected chi connectivity index (χ1v) is 12.8. The minimum absolute atomic E-state index is 0.0374. The van der Waals surface area contributed by atoms with E-state index in [0.29, 0.717) is 32.9 Å². The molecule has 0 fully saturated rings. The van der Waals surface area contributed by atoms with E-state index in [-0.39, 0.29) is 18.6 Å². The smallest absolute Gasteiger partial charge is 0.252 e. The molecule has 2 aromatic heterocycles. The lowest BCUT2D eigenvalue weighted by atomic mass is 10.1. The van der Waals surface area contributed by atoms with Crippen molar-refractivity contribution in [3.63, 3.8) is 0 Å². The maximum atomic E-state index is 13.9. The summed E-state index contributed by atoms with van der Waals surface area (Å²) in [5, 5.41) is 2.72. The Morgan fingerprint density at radius 1 is 1.00 bits per heavy atom. The molecule has 2 heterocycles. The van der Waals surface area contributed by atoms with Crippen molar-refractivity contribution >= 4 is 32.3 Å². The minimum Gasteiger partial charge on any atom is -0.497 e. The van der Waals surface area contributed by atoms with E-state index in [0.717, 1.165) is 15.8 Å². The van der Waals surface area contributed by atoms with Crippen molar-refractivity contribution < 1.29 is 13.2 Å². The number of aromatic amines is 1. The fourth-order valence-corrected chi connectivity index (χ4v) is 6.77. The molecule has 172 valence electrons. The molecule has 0 aliphatic rings. The van der Waals surface area contributed by atoms with E-state index in [4.69, 9.17) is 4.74 Å². The van der Waals surface area contributed by atoms with E-state index in [9.17, 15) is 13.2 Å². The number of thiophene rings is 1. The number of fused-ring (bicyclic) bond motifs is 1. The monoisotopic (exact) mass is 482 g/mol. The van der Waals surface area contributed by atoms with Crippen LogP contribution < -0.4 is 10.3 Å². The molecule has 0 unspecified atom stereocenters. The van der Waals surface area contributed by atoms with Gasteiger partial charge >= 0.3 is 0 Å². The third-order valence-corrected chi connectivity index (χ3v) is 8.55. The third-order valence-electron chi connectivity index (χ3n) is 5.59. The molecule has 8 heteroatoms. The Kier molecular flexibility index (Phi) is 6.43. The van der Waals surface area contributed by atoms with Crippen molar-refractivity contribution in [3.05, 3.63) is 91.4 Å². The number of sulfonamides is 1. The number of nitrogens with one attached hydrogen (secondary N) is 1. The number of hydrogen-bond acceptors (Lipinski definition) is 5. The molecule has 0 atom stereocenters. The molecule has 6 nitrogen and oxygen atoms in total. The van der Waals surface area contributed by atoms with Gasteiger partial charge in [-0.3, -0.25) is 4.79 Å². The van der Waals surface area contributed by atoms with Crippen molar-refractivity contribution in [1.29, 1.82) is 0 Å². The topological polar surface area (TPSA) is 79.5 Å². The molecule has 0 aliphatic carbocycles. The summed E-state index contributed by atoms with van der Waals surface area (Å²) >= 11 is 1.49. The van der Waals surface area contributed by atoms with Crippen molar-refractivity contribution in [3.8, 4) is 5.75 Å². The second kappa shape index (κ2) is 9.13. The second-order valence-corrected chi connectivity index (χ2v) is 11.1. The quantitative estimate of drug-likeness (QED) is 0.406. The van der Waals surface area contributed by atoms with Crippen LogP contribution in [0.15, 0.2) is 63.6 Å². The first kappa shape index (κ1) is 23.2. The Labute approximate surface area is 197 Å². The first-order chi connectivity index (χ1) is 15.7. The van der Waals surface area contributed by atoms with Crippen molar-refractivity contribution in [1.82, 2.24) is 9.29 Å². The summed E-state index contributed by atoms with van der Waals surface area (Å²) in [6.07, 6.45) is 0. The highest BCUT2D eigenvalue weighted by molar-refractivity contribution is 7.89. The Balaban J connectivity index is 1.80. The van der Waals surface area contributed by atoms with Crippen LogP contribution in [0.3, 0.4) is 0 Å². The molecular formula is C25H26N2O4S2. The maximum absolute atomic E-state index is 13.9. The van der Waals surface area contributed by atoms with Crippen LogP contribution in [-0.2, 0) is 23.1 Å². The van der Waals surface area contributed by atoms with E-state index in [1.807, 2.05) is 62.5 Å². The molecule has 4 rings (SSSR count). The SMILES string of the molecule is COc1ccc2cc(CN(Cc3cccs3)S(=O)(=O)c3c(C)cc(C)cc3C)c(=O)[nH]c2c1. The van der Waals surface area contributed by atoms with Crippen molar-refractivity contribution in [2.24, 2.45) is 0 Å². The van der Waals surface area contributed by atoms with Crippen molar-refractivity contribution in [2.75, 3.05) is 7.11 Å². The number of benzene rings is 2. The number of aromatic nitrogens is 1. The van der Waals surface area contributed by atoms with Gasteiger partial charge in [0.25, 0.3) is 5.56 Å². The molecule has 0 saturated heterocycles. The minimum atomic E-state index is -3.87. The van der Waals surface area contributed by atoms with Gasteiger partial charge in [-0.2, -0.15) is 4.31 Å². The highest BCUT2D eigenvalue weighted by Gasteiger charge is 2.29. The predicted molar refractivity (Wildman–Crippen MR) is 133 cm³/mol. The van der Waals surface area contributed by atoms with Gasteiger partial charge in [0.15, 0.2) is 0 Å². The summed E-state index contributed by atoms with van der Waals surface area (Å²) in [5.74, 6) is 0.637. The number of aryl methyl sites for hydroxylation is 3. The first-order valence-electron chi connectivity index (χ1n) is 10.5. The molecular weight excluding hydrogens is 456 g/mol. The van der Waals surface area contributed by atoms with Gasteiger partial charge in [-0.25, -0.2) is 8.42 Å². The van der Waals surface area contributed by atoms with E-state index in [1.165, 1.54) is 15.6 Å². The van der Waals surface area contributed by atoms with E-state index in [2.05, 4.69) is 4.98 Å².